The van der Waals surface area contributed by atoms with E-state index in [4.69, 9.17) is 21.1 Å². The Labute approximate surface area is 292 Å². The minimum atomic E-state index is -2.87. The average Bonchev–Trinajstić information content (AvgIpc) is 3.09. The molecule has 0 amide bonds. The first-order valence-corrected chi connectivity index (χ1v) is 20.5. The van der Waals surface area contributed by atoms with Crippen molar-refractivity contribution in [3.63, 3.8) is 0 Å². The second-order valence-corrected chi connectivity index (χ2v) is 20.4. The van der Waals surface area contributed by atoms with Crippen LogP contribution >= 0.6 is 25.7 Å². The lowest BCUT2D eigenvalue weighted by molar-refractivity contribution is 1.29. The molecular weight excluding hydrogens is 642 g/mol. The molecule has 0 aliphatic carbocycles. The van der Waals surface area contributed by atoms with Gasteiger partial charge in [-0.1, -0.05) is 157 Å². The van der Waals surface area contributed by atoms with Crippen LogP contribution in [0.25, 0.3) is 0 Å². The monoisotopic (exact) mass is 684 g/mol. The van der Waals surface area contributed by atoms with Gasteiger partial charge in [-0.2, -0.15) is 0 Å². The summed E-state index contributed by atoms with van der Waals surface area (Å²) in [5, 5.41) is 4.55. The molecule has 6 aromatic carbocycles. The molecule has 0 aliphatic heterocycles. The first-order chi connectivity index (χ1) is 23.2. The average molecular weight is 685 g/mol. The van der Waals surface area contributed by atoms with Gasteiger partial charge in [0.25, 0.3) is 0 Å². The second-order valence-electron chi connectivity index (χ2n) is 12.7. The summed E-state index contributed by atoms with van der Waals surface area (Å²) in [5.74, 6) is 0. The zero-order valence-electron chi connectivity index (χ0n) is 28.6. The molecule has 0 atom stereocenters. The van der Waals surface area contributed by atoms with Gasteiger partial charge in [0.1, 0.15) is 4.86 Å². The van der Waals surface area contributed by atoms with E-state index < -0.39 is 19.0 Å². The van der Waals surface area contributed by atoms with Crippen molar-refractivity contribution >= 4 is 58.3 Å². The topological polar surface area (TPSA) is 24.7 Å². The zero-order chi connectivity index (χ0) is 33.9. The lowest BCUT2D eigenvalue weighted by Crippen LogP contribution is -2.30. The van der Waals surface area contributed by atoms with Crippen molar-refractivity contribution in [2.75, 3.05) is 0 Å². The van der Waals surface area contributed by atoms with Crippen LogP contribution in [0.1, 0.15) is 33.4 Å². The predicted octanol–water partition coefficient (Wildman–Crippen LogP) is 11.7. The Kier molecular flexibility index (Phi) is 10.1. The molecule has 0 spiro atoms. The third kappa shape index (κ3) is 6.31. The van der Waals surface area contributed by atoms with Gasteiger partial charge in [-0.15, -0.1) is 11.6 Å². The summed E-state index contributed by atoms with van der Waals surface area (Å²) in [7, 11) is -5.73. The van der Waals surface area contributed by atoms with Crippen molar-refractivity contribution < 1.29 is 0 Å². The summed E-state index contributed by atoms with van der Waals surface area (Å²) in [5.41, 5.74) is 9.08. The largest absolute Gasteiger partial charge is 0.256 e. The third-order valence-electron chi connectivity index (χ3n) is 9.00. The van der Waals surface area contributed by atoms with E-state index in [1.54, 1.807) is 0 Å². The minimum absolute atomic E-state index is 0.514. The van der Waals surface area contributed by atoms with Gasteiger partial charge >= 0.3 is 0 Å². The molecule has 0 N–H and O–H groups in total. The van der Waals surface area contributed by atoms with E-state index >= 15 is 0 Å². The number of benzene rings is 6. The SMILES string of the molecule is Cc1cc(C)c(N=P(c2ccccc2)(c2ccccc2)C(Cl)P(=Nc2c(C)cc(C)cc2C)(c2ccccc2)c2ccccc2)c(C)c1. The molecule has 5 heteroatoms. The molecule has 0 heterocycles. The van der Waals surface area contributed by atoms with E-state index in [-0.39, 0.29) is 0 Å². The maximum absolute atomic E-state index is 8.55. The molecule has 2 nitrogen and oxygen atoms in total. The fraction of sp³-hybridized carbons (Fsp3) is 0.163. The number of aryl methyl sites for hydroxylation is 6. The molecule has 0 radical (unpaired) electrons. The summed E-state index contributed by atoms with van der Waals surface area (Å²) in [6, 6.07) is 52.1. The standard InChI is InChI=1S/C43H43ClN2P2/c1-31-27-33(3)41(34(4)28-31)45-47(37-19-11-7-12-20-37,38-21-13-8-14-22-38)43(44)48(39-23-15-9-16-24-39,40-25-17-10-18-26-40)46-42-35(5)29-32(2)30-36(42)6/h7-30,43H,1-6H3. The van der Waals surface area contributed by atoms with Crippen LogP contribution in [0.3, 0.4) is 0 Å². The van der Waals surface area contributed by atoms with Crippen LogP contribution in [0, 0.1) is 41.5 Å². The van der Waals surface area contributed by atoms with Gasteiger partial charge in [0.15, 0.2) is 0 Å². The molecule has 0 aliphatic rings. The maximum atomic E-state index is 8.55. The van der Waals surface area contributed by atoms with Gasteiger partial charge in [-0.05, 0) is 85.0 Å². The Hall–Kier alpha value is -3.93. The smallest absolute Gasteiger partial charge is 0.119 e. The highest BCUT2D eigenvalue weighted by atomic mass is 35.5. The van der Waals surface area contributed by atoms with Crippen molar-refractivity contribution in [3.05, 3.63) is 179 Å². The quantitative estimate of drug-likeness (QED) is 0.113. The highest BCUT2D eigenvalue weighted by Gasteiger charge is 2.45. The number of halogens is 1. The first-order valence-electron chi connectivity index (χ1n) is 16.4. The Balaban J connectivity index is 1.89. The van der Waals surface area contributed by atoms with Crippen LogP contribution in [0.2, 0.25) is 0 Å². The fourth-order valence-electron chi connectivity index (χ4n) is 6.96. The van der Waals surface area contributed by atoms with Crippen molar-refractivity contribution in [1.82, 2.24) is 0 Å². The summed E-state index contributed by atoms with van der Waals surface area (Å²) in [6.07, 6.45) is 0. The Morgan fingerprint density at radius 1 is 0.396 bits per heavy atom. The molecule has 6 aromatic rings. The van der Waals surface area contributed by atoms with Gasteiger partial charge in [0.2, 0.25) is 0 Å². The minimum Gasteiger partial charge on any atom is -0.256 e. The normalized spacial score (nSPS) is 11.8. The van der Waals surface area contributed by atoms with Gasteiger partial charge in [-0.3, -0.25) is 9.49 Å². The summed E-state index contributed by atoms with van der Waals surface area (Å²) < 4.78 is 12.1. The summed E-state index contributed by atoms with van der Waals surface area (Å²) in [6.45, 7) is 13.0. The molecule has 0 saturated carbocycles. The lowest BCUT2D eigenvalue weighted by Gasteiger charge is -2.40. The second kappa shape index (κ2) is 14.3. The molecule has 242 valence electrons. The van der Waals surface area contributed by atoms with E-state index in [2.05, 4.69) is 187 Å². The molecular formula is C43H43ClN2P2. The molecule has 0 aromatic heterocycles. The van der Waals surface area contributed by atoms with Crippen LogP contribution < -0.4 is 21.2 Å². The Bertz CT molecular complexity index is 1870. The fourth-order valence-corrected chi connectivity index (χ4v) is 18.4. The number of rotatable bonds is 8. The van der Waals surface area contributed by atoms with Crippen LogP contribution in [0.4, 0.5) is 11.4 Å². The van der Waals surface area contributed by atoms with E-state index in [1.807, 2.05) is 0 Å². The van der Waals surface area contributed by atoms with Crippen LogP contribution in [0.5, 0.6) is 0 Å². The molecule has 0 saturated heterocycles. The number of alkyl halides is 1. The highest BCUT2D eigenvalue weighted by Crippen LogP contribution is 2.72. The Morgan fingerprint density at radius 2 is 0.625 bits per heavy atom. The third-order valence-corrected chi connectivity index (χ3v) is 19.3. The number of hydrogen-bond acceptors (Lipinski definition) is 2. The van der Waals surface area contributed by atoms with E-state index in [0.717, 1.165) is 54.8 Å². The Morgan fingerprint density at radius 3 is 0.854 bits per heavy atom. The van der Waals surface area contributed by atoms with Gasteiger partial charge < -0.3 is 0 Å². The molecule has 0 bridgehead atoms. The van der Waals surface area contributed by atoms with Crippen molar-refractivity contribution in [2.45, 2.75) is 46.4 Å². The van der Waals surface area contributed by atoms with Gasteiger partial charge in [-0.25, -0.2) is 0 Å². The maximum Gasteiger partial charge on any atom is 0.119 e. The van der Waals surface area contributed by atoms with E-state index in [1.165, 1.54) is 11.1 Å². The summed E-state index contributed by atoms with van der Waals surface area (Å²) in [4.78, 5) is -0.514. The first kappa shape index (κ1) is 34.0. The van der Waals surface area contributed by atoms with Crippen molar-refractivity contribution in [1.29, 1.82) is 0 Å². The van der Waals surface area contributed by atoms with Crippen molar-refractivity contribution in [2.24, 2.45) is 9.49 Å². The molecule has 6 rings (SSSR count). The van der Waals surface area contributed by atoms with E-state index in [0.29, 0.717) is 0 Å². The number of nitrogens with zero attached hydrogens (tertiary/aromatic N) is 2. The van der Waals surface area contributed by atoms with Gasteiger partial charge in [0.05, 0.1) is 25.5 Å². The molecule has 0 fully saturated rings. The zero-order valence-corrected chi connectivity index (χ0v) is 31.1. The molecule has 48 heavy (non-hydrogen) atoms. The number of hydrogen-bond donors (Lipinski definition) is 0. The van der Waals surface area contributed by atoms with Gasteiger partial charge in [0, 0.05) is 0 Å². The van der Waals surface area contributed by atoms with E-state index in [9.17, 15) is 0 Å². The lowest BCUT2D eigenvalue weighted by atomic mass is 10.1. The van der Waals surface area contributed by atoms with Crippen LogP contribution in [-0.2, 0) is 0 Å². The van der Waals surface area contributed by atoms with Crippen molar-refractivity contribution in [3.8, 4) is 0 Å². The van der Waals surface area contributed by atoms with Crippen LogP contribution in [-0.4, -0.2) is 4.86 Å². The summed E-state index contributed by atoms with van der Waals surface area (Å²) >= 11 is 8.55. The molecule has 0 unspecified atom stereocenters. The van der Waals surface area contributed by atoms with Crippen LogP contribution in [0.15, 0.2) is 155 Å². The predicted molar refractivity (Wildman–Crippen MR) is 213 cm³/mol. The highest BCUT2D eigenvalue weighted by molar-refractivity contribution is 7.99.